The van der Waals surface area contributed by atoms with Crippen molar-refractivity contribution in [2.45, 2.75) is 19.1 Å². The Balaban J connectivity index is 6.35. The summed E-state index contributed by atoms with van der Waals surface area (Å²) in [5, 5.41) is 19.0. The van der Waals surface area contributed by atoms with E-state index in [0.717, 1.165) is 30.4 Å². The lowest BCUT2D eigenvalue weighted by molar-refractivity contribution is -0.183. The zero-order valence-electron chi connectivity index (χ0n) is 24.3. The van der Waals surface area contributed by atoms with Gasteiger partial charge in [0.05, 0.1) is 37.1 Å². The van der Waals surface area contributed by atoms with Gasteiger partial charge in [0.1, 0.15) is 33.0 Å². The van der Waals surface area contributed by atoms with E-state index in [-0.39, 0.29) is 6.42 Å². The van der Waals surface area contributed by atoms with Gasteiger partial charge >= 0.3 is 35.8 Å². The zero-order valence-corrected chi connectivity index (χ0v) is 24.3. The second-order valence-corrected chi connectivity index (χ2v) is 9.25. The van der Waals surface area contributed by atoms with Crippen molar-refractivity contribution in [3.63, 3.8) is 0 Å². The molecule has 1 atom stereocenters. The minimum Gasteiger partial charge on any atom is -0.481 e. The molecule has 2 N–H and O–H groups in total. The van der Waals surface area contributed by atoms with Crippen LogP contribution in [0.1, 0.15) is 12.8 Å². The summed E-state index contributed by atoms with van der Waals surface area (Å²) < 4.78 is 37.0. The summed E-state index contributed by atoms with van der Waals surface area (Å²) in [6.45, 7) is 12.5. The quantitative estimate of drug-likeness (QED) is 0.0622. The molecule has 15 nitrogen and oxygen atoms in total. The summed E-state index contributed by atoms with van der Waals surface area (Å²) in [5.41, 5.74) is -3.07. The standard InChI is InChI=1S/C29H38O15/c1-6-22(32)39-15-28(16-40-23(33)7-2,17-41-24(34)8-3)13-38-14-29(18-42-25(35)9-4,19-43-26(36)10-5)20-44-27(37)12-11-21(30)31/h6-10,27,37H,1-5,11-20H2,(H,30,31). The van der Waals surface area contributed by atoms with Crippen molar-refractivity contribution in [1.82, 2.24) is 0 Å². The number of carboxylic acid groups (broad SMARTS) is 1. The fourth-order valence-electron chi connectivity index (χ4n) is 3.00. The van der Waals surface area contributed by atoms with Crippen LogP contribution in [-0.4, -0.2) is 105 Å². The average Bonchev–Trinajstić information content (AvgIpc) is 3.03. The molecule has 0 saturated carbocycles. The van der Waals surface area contributed by atoms with Crippen molar-refractivity contribution in [2.24, 2.45) is 10.8 Å². The molecule has 244 valence electrons. The van der Waals surface area contributed by atoms with Crippen molar-refractivity contribution in [1.29, 1.82) is 0 Å². The van der Waals surface area contributed by atoms with Gasteiger partial charge in [-0.15, -0.1) is 0 Å². The molecule has 15 heteroatoms. The number of aliphatic hydroxyl groups is 1. The fourth-order valence-corrected chi connectivity index (χ4v) is 3.00. The molecule has 1 unspecified atom stereocenters. The Labute approximate surface area is 254 Å². The van der Waals surface area contributed by atoms with Crippen LogP contribution in [0.3, 0.4) is 0 Å². The van der Waals surface area contributed by atoms with E-state index in [1.54, 1.807) is 0 Å². The summed E-state index contributed by atoms with van der Waals surface area (Å²) in [5.74, 6) is -5.49. The minimum atomic E-state index is -1.58. The number of carbonyl (C=O) groups excluding carboxylic acids is 5. The topological polar surface area (TPSA) is 207 Å². The molecule has 0 radical (unpaired) electrons. The predicted octanol–water partition coefficient (Wildman–Crippen LogP) is 0.822. The van der Waals surface area contributed by atoms with E-state index in [9.17, 15) is 33.9 Å². The molecule has 0 aromatic carbocycles. The number of ether oxygens (including phenoxy) is 7. The molecular formula is C29H38O15. The molecule has 0 heterocycles. The Morgan fingerprint density at radius 2 is 0.841 bits per heavy atom. The molecule has 44 heavy (non-hydrogen) atoms. The molecule has 0 bridgehead atoms. The monoisotopic (exact) mass is 626 g/mol. The smallest absolute Gasteiger partial charge is 0.330 e. The number of carbonyl (C=O) groups is 6. The third-order valence-electron chi connectivity index (χ3n) is 5.44. The SMILES string of the molecule is C=CC(=O)OCC(COCC(COC(=O)C=C)(COC(=O)C=C)COC(O)CCC(=O)O)(COC(=O)C=C)COC(=O)C=C. The second kappa shape index (κ2) is 21.1. The maximum Gasteiger partial charge on any atom is 0.330 e. The minimum absolute atomic E-state index is 0.299. The highest BCUT2D eigenvalue weighted by atomic mass is 16.6. The molecule has 0 aliphatic carbocycles. The molecule has 0 rings (SSSR count). The van der Waals surface area contributed by atoms with Crippen LogP contribution in [0.25, 0.3) is 0 Å². The molecule has 0 spiro atoms. The molecule has 0 aliphatic heterocycles. The molecule has 0 aliphatic rings. The molecule has 0 amide bonds. The van der Waals surface area contributed by atoms with Gasteiger partial charge in [0.25, 0.3) is 0 Å². The number of hydrogen-bond donors (Lipinski definition) is 2. The van der Waals surface area contributed by atoms with Gasteiger partial charge in [0.15, 0.2) is 6.29 Å². The lowest BCUT2D eigenvalue weighted by atomic mass is 9.90. The van der Waals surface area contributed by atoms with Crippen molar-refractivity contribution in [2.75, 3.05) is 52.9 Å². The molecule has 0 aromatic heterocycles. The summed E-state index contributed by atoms with van der Waals surface area (Å²) in [6.07, 6.45) is 2.04. The highest BCUT2D eigenvalue weighted by molar-refractivity contribution is 5.82. The molecule has 0 aromatic rings. The van der Waals surface area contributed by atoms with E-state index in [1.165, 1.54) is 0 Å². The third kappa shape index (κ3) is 16.7. The maximum atomic E-state index is 11.9. The molecule has 0 saturated heterocycles. The van der Waals surface area contributed by atoms with Crippen LogP contribution in [0.4, 0.5) is 0 Å². The fraction of sp³-hybridized carbons (Fsp3) is 0.448. The highest BCUT2D eigenvalue weighted by Gasteiger charge is 2.40. The Kier molecular flexibility index (Phi) is 18.9. The van der Waals surface area contributed by atoms with Crippen LogP contribution >= 0.6 is 0 Å². The Bertz CT molecular complexity index is 977. The number of aliphatic carboxylic acids is 1. The third-order valence-corrected chi connectivity index (χ3v) is 5.44. The average molecular weight is 627 g/mol. The van der Waals surface area contributed by atoms with E-state index < -0.39 is 112 Å². The van der Waals surface area contributed by atoms with Gasteiger partial charge in [-0.25, -0.2) is 24.0 Å². The molecular weight excluding hydrogens is 588 g/mol. The Morgan fingerprint density at radius 3 is 1.11 bits per heavy atom. The Hall–Kier alpha value is -4.60. The van der Waals surface area contributed by atoms with Crippen LogP contribution < -0.4 is 0 Å². The van der Waals surface area contributed by atoms with E-state index in [1.807, 2.05) is 0 Å². The number of aliphatic hydroxyl groups excluding tert-OH is 1. The zero-order chi connectivity index (χ0) is 33.6. The van der Waals surface area contributed by atoms with Crippen LogP contribution in [0.2, 0.25) is 0 Å². The number of hydrogen-bond acceptors (Lipinski definition) is 14. The van der Waals surface area contributed by atoms with E-state index in [2.05, 4.69) is 32.9 Å². The number of esters is 5. The molecule has 0 fully saturated rings. The normalized spacial score (nSPS) is 11.6. The van der Waals surface area contributed by atoms with Gasteiger partial charge in [-0.1, -0.05) is 32.9 Å². The van der Waals surface area contributed by atoms with Crippen molar-refractivity contribution >= 4 is 35.8 Å². The summed E-state index contributed by atoms with van der Waals surface area (Å²) in [7, 11) is 0. The summed E-state index contributed by atoms with van der Waals surface area (Å²) in [4.78, 5) is 70.3. The Morgan fingerprint density at radius 1 is 0.545 bits per heavy atom. The lowest BCUT2D eigenvalue weighted by Gasteiger charge is -2.36. The maximum absolute atomic E-state index is 11.9. The van der Waals surface area contributed by atoms with Gasteiger partial charge in [-0.3, -0.25) is 4.79 Å². The summed E-state index contributed by atoms with van der Waals surface area (Å²) >= 11 is 0. The van der Waals surface area contributed by atoms with Gasteiger partial charge in [-0.05, 0) is 0 Å². The first-order valence-corrected chi connectivity index (χ1v) is 12.8. The van der Waals surface area contributed by atoms with Gasteiger partial charge in [0.2, 0.25) is 0 Å². The second-order valence-electron chi connectivity index (χ2n) is 9.25. The lowest BCUT2D eigenvalue weighted by Crippen LogP contribution is -2.47. The van der Waals surface area contributed by atoms with Crippen molar-refractivity contribution in [3.05, 3.63) is 63.3 Å². The van der Waals surface area contributed by atoms with Gasteiger partial charge in [0, 0.05) is 36.8 Å². The van der Waals surface area contributed by atoms with Crippen LogP contribution in [0, 0.1) is 10.8 Å². The van der Waals surface area contributed by atoms with E-state index in [4.69, 9.17) is 38.3 Å². The first kappa shape index (κ1) is 39.4. The first-order valence-electron chi connectivity index (χ1n) is 12.8. The summed E-state index contributed by atoms with van der Waals surface area (Å²) in [6, 6.07) is 0. The van der Waals surface area contributed by atoms with Crippen molar-refractivity contribution < 1.29 is 72.1 Å². The van der Waals surface area contributed by atoms with Gasteiger partial charge < -0.3 is 43.4 Å². The largest absolute Gasteiger partial charge is 0.481 e. The predicted molar refractivity (Wildman–Crippen MR) is 150 cm³/mol. The van der Waals surface area contributed by atoms with E-state index >= 15 is 0 Å². The first-order chi connectivity index (χ1) is 20.8. The highest BCUT2D eigenvalue weighted by Crippen LogP contribution is 2.26. The number of carboxylic acids is 1. The van der Waals surface area contributed by atoms with Crippen molar-refractivity contribution in [3.8, 4) is 0 Å². The van der Waals surface area contributed by atoms with Gasteiger partial charge in [-0.2, -0.15) is 0 Å². The van der Waals surface area contributed by atoms with Crippen LogP contribution in [0.15, 0.2) is 63.3 Å². The van der Waals surface area contributed by atoms with Crippen LogP contribution in [0.5, 0.6) is 0 Å². The van der Waals surface area contributed by atoms with Crippen LogP contribution in [-0.2, 0) is 61.9 Å². The van der Waals surface area contributed by atoms with E-state index in [0.29, 0.717) is 0 Å². The number of rotatable bonds is 25.